The lowest BCUT2D eigenvalue weighted by atomic mass is 10.1. The van der Waals surface area contributed by atoms with Crippen LogP contribution in [0.3, 0.4) is 0 Å². The van der Waals surface area contributed by atoms with E-state index in [4.69, 9.17) is 15.2 Å². The fourth-order valence-electron chi connectivity index (χ4n) is 2.59. The lowest BCUT2D eigenvalue weighted by Crippen LogP contribution is -2.33. The number of rotatable bonds is 9. The smallest absolute Gasteiger partial charge is 0.0589 e. The highest BCUT2D eigenvalue weighted by Gasteiger charge is 2.23. The molecular formula is C13H28N2O2. The van der Waals surface area contributed by atoms with Crippen molar-refractivity contribution in [1.29, 1.82) is 0 Å². The van der Waals surface area contributed by atoms with Crippen LogP contribution in [-0.4, -0.2) is 58.0 Å². The van der Waals surface area contributed by atoms with E-state index < -0.39 is 0 Å². The van der Waals surface area contributed by atoms with Crippen molar-refractivity contribution in [2.75, 3.05) is 47.1 Å². The first-order chi connectivity index (χ1) is 8.26. The average Bonchev–Trinajstić information content (AvgIpc) is 2.72. The van der Waals surface area contributed by atoms with Crippen LogP contribution in [0.5, 0.6) is 0 Å². The van der Waals surface area contributed by atoms with Crippen molar-refractivity contribution in [2.24, 2.45) is 11.7 Å². The molecule has 4 nitrogen and oxygen atoms in total. The molecule has 17 heavy (non-hydrogen) atoms. The molecule has 1 aliphatic rings. The van der Waals surface area contributed by atoms with Gasteiger partial charge in [-0.2, -0.15) is 0 Å². The van der Waals surface area contributed by atoms with Gasteiger partial charge in [-0.05, 0) is 31.6 Å². The molecule has 0 aliphatic heterocycles. The van der Waals surface area contributed by atoms with Crippen molar-refractivity contribution in [1.82, 2.24) is 4.90 Å². The van der Waals surface area contributed by atoms with Gasteiger partial charge in [0, 0.05) is 46.5 Å². The molecular weight excluding hydrogens is 216 g/mol. The molecule has 0 aromatic heterocycles. The standard InChI is InChI=1S/C13H28N2O2/c1-16-8-3-6-15(7-9-17-2)11-12-4-5-13(14)10-12/h12-13H,3-11,14H2,1-2H3. The molecule has 0 saturated heterocycles. The van der Waals surface area contributed by atoms with Gasteiger partial charge in [0.15, 0.2) is 0 Å². The Bertz CT molecular complexity index is 190. The molecule has 0 spiro atoms. The zero-order chi connectivity index (χ0) is 12.5. The van der Waals surface area contributed by atoms with Gasteiger partial charge < -0.3 is 20.1 Å². The molecule has 102 valence electrons. The van der Waals surface area contributed by atoms with Crippen molar-refractivity contribution in [3.05, 3.63) is 0 Å². The summed E-state index contributed by atoms with van der Waals surface area (Å²) >= 11 is 0. The molecule has 1 rings (SSSR count). The van der Waals surface area contributed by atoms with Crippen molar-refractivity contribution in [2.45, 2.75) is 31.7 Å². The van der Waals surface area contributed by atoms with Gasteiger partial charge in [0.05, 0.1) is 6.61 Å². The zero-order valence-corrected chi connectivity index (χ0v) is 11.4. The van der Waals surface area contributed by atoms with E-state index in [1.807, 2.05) is 0 Å². The fraction of sp³-hybridized carbons (Fsp3) is 1.00. The van der Waals surface area contributed by atoms with Gasteiger partial charge in [0.2, 0.25) is 0 Å². The number of ether oxygens (including phenoxy) is 2. The van der Waals surface area contributed by atoms with E-state index in [1.54, 1.807) is 14.2 Å². The minimum atomic E-state index is 0.434. The Hall–Kier alpha value is -0.160. The topological polar surface area (TPSA) is 47.7 Å². The van der Waals surface area contributed by atoms with Gasteiger partial charge in [-0.15, -0.1) is 0 Å². The van der Waals surface area contributed by atoms with Crippen LogP contribution in [0, 0.1) is 5.92 Å². The summed E-state index contributed by atoms with van der Waals surface area (Å²) in [4.78, 5) is 2.49. The second-order valence-electron chi connectivity index (χ2n) is 5.08. The van der Waals surface area contributed by atoms with Crippen LogP contribution in [0.1, 0.15) is 25.7 Å². The van der Waals surface area contributed by atoms with Gasteiger partial charge in [0.1, 0.15) is 0 Å². The third-order valence-electron chi connectivity index (χ3n) is 3.53. The minimum Gasteiger partial charge on any atom is -0.385 e. The zero-order valence-electron chi connectivity index (χ0n) is 11.4. The normalized spacial score (nSPS) is 24.7. The highest BCUT2D eigenvalue weighted by molar-refractivity contribution is 4.80. The van der Waals surface area contributed by atoms with Gasteiger partial charge in [-0.1, -0.05) is 0 Å². The van der Waals surface area contributed by atoms with E-state index >= 15 is 0 Å². The number of hydrogen-bond acceptors (Lipinski definition) is 4. The first kappa shape index (κ1) is 14.9. The third kappa shape index (κ3) is 6.36. The Morgan fingerprint density at radius 2 is 1.88 bits per heavy atom. The molecule has 2 atom stereocenters. The largest absolute Gasteiger partial charge is 0.385 e. The van der Waals surface area contributed by atoms with E-state index in [9.17, 15) is 0 Å². The predicted octanol–water partition coefficient (Wildman–Crippen LogP) is 1.10. The Labute approximate surface area is 105 Å². The Morgan fingerprint density at radius 1 is 1.12 bits per heavy atom. The maximum Gasteiger partial charge on any atom is 0.0589 e. The number of nitrogens with zero attached hydrogens (tertiary/aromatic N) is 1. The fourth-order valence-corrected chi connectivity index (χ4v) is 2.59. The SMILES string of the molecule is COCCCN(CCOC)CC1CCC(N)C1. The molecule has 1 saturated carbocycles. The summed E-state index contributed by atoms with van der Waals surface area (Å²) in [5, 5.41) is 0. The lowest BCUT2D eigenvalue weighted by Gasteiger charge is -2.25. The Morgan fingerprint density at radius 3 is 2.47 bits per heavy atom. The molecule has 0 amide bonds. The number of methoxy groups -OCH3 is 2. The average molecular weight is 244 g/mol. The third-order valence-corrected chi connectivity index (χ3v) is 3.53. The van der Waals surface area contributed by atoms with Gasteiger partial charge in [0.25, 0.3) is 0 Å². The van der Waals surface area contributed by atoms with Crippen molar-refractivity contribution in [3.8, 4) is 0 Å². The van der Waals surface area contributed by atoms with Crippen LogP contribution in [-0.2, 0) is 9.47 Å². The Balaban J connectivity index is 2.23. The van der Waals surface area contributed by atoms with E-state index in [2.05, 4.69) is 4.90 Å². The summed E-state index contributed by atoms with van der Waals surface area (Å²) in [7, 11) is 3.52. The van der Waals surface area contributed by atoms with Crippen LogP contribution in [0.15, 0.2) is 0 Å². The highest BCUT2D eigenvalue weighted by Crippen LogP contribution is 2.24. The second kappa shape index (κ2) is 8.86. The van der Waals surface area contributed by atoms with Gasteiger partial charge in [-0.25, -0.2) is 0 Å². The van der Waals surface area contributed by atoms with E-state index in [1.165, 1.54) is 25.8 Å². The molecule has 4 heteroatoms. The number of nitrogens with two attached hydrogens (primary N) is 1. The van der Waals surface area contributed by atoms with Crippen LogP contribution < -0.4 is 5.73 Å². The summed E-state index contributed by atoms with van der Waals surface area (Å²) in [6.45, 7) is 4.94. The van der Waals surface area contributed by atoms with Crippen LogP contribution in [0.2, 0.25) is 0 Å². The minimum absolute atomic E-state index is 0.434. The maximum absolute atomic E-state index is 5.96. The number of hydrogen-bond donors (Lipinski definition) is 1. The molecule has 0 aromatic rings. The molecule has 0 aromatic carbocycles. The molecule has 1 fully saturated rings. The highest BCUT2D eigenvalue weighted by atomic mass is 16.5. The quantitative estimate of drug-likeness (QED) is 0.617. The lowest BCUT2D eigenvalue weighted by molar-refractivity contribution is 0.123. The summed E-state index contributed by atoms with van der Waals surface area (Å²) < 4.78 is 10.3. The monoisotopic (exact) mass is 244 g/mol. The van der Waals surface area contributed by atoms with Crippen molar-refractivity contribution < 1.29 is 9.47 Å². The summed E-state index contributed by atoms with van der Waals surface area (Å²) in [5.74, 6) is 0.782. The molecule has 2 N–H and O–H groups in total. The summed E-state index contributed by atoms with van der Waals surface area (Å²) in [5.41, 5.74) is 5.96. The first-order valence-corrected chi connectivity index (χ1v) is 6.72. The van der Waals surface area contributed by atoms with Crippen molar-refractivity contribution in [3.63, 3.8) is 0 Å². The van der Waals surface area contributed by atoms with Gasteiger partial charge >= 0.3 is 0 Å². The van der Waals surface area contributed by atoms with Gasteiger partial charge in [-0.3, -0.25) is 0 Å². The summed E-state index contributed by atoms with van der Waals surface area (Å²) in [6, 6.07) is 0.434. The molecule has 2 unspecified atom stereocenters. The Kier molecular flexibility index (Phi) is 7.77. The van der Waals surface area contributed by atoms with E-state index in [-0.39, 0.29) is 0 Å². The maximum atomic E-state index is 5.96. The second-order valence-corrected chi connectivity index (χ2v) is 5.08. The predicted molar refractivity (Wildman–Crippen MR) is 70.1 cm³/mol. The first-order valence-electron chi connectivity index (χ1n) is 6.72. The molecule has 0 bridgehead atoms. The molecule has 1 aliphatic carbocycles. The molecule has 0 heterocycles. The van der Waals surface area contributed by atoms with E-state index in [0.717, 1.165) is 38.6 Å². The molecule has 0 radical (unpaired) electrons. The van der Waals surface area contributed by atoms with Crippen LogP contribution in [0.25, 0.3) is 0 Å². The van der Waals surface area contributed by atoms with Crippen molar-refractivity contribution >= 4 is 0 Å². The summed E-state index contributed by atoms with van der Waals surface area (Å²) in [6.07, 6.45) is 4.77. The van der Waals surface area contributed by atoms with E-state index in [0.29, 0.717) is 6.04 Å². The van der Waals surface area contributed by atoms with Crippen LogP contribution in [0.4, 0.5) is 0 Å². The van der Waals surface area contributed by atoms with Crippen LogP contribution >= 0.6 is 0 Å².